The van der Waals surface area contributed by atoms with Crippen LogP contribution in [0.1, 0.15) is 18.4 Å². The molecule has 2 saturated heterocycles. The maximum atomic E-state index is 13.6. The number of likely N-dealkylation sites (tertiary alicyclic amines) is 1. The fourth-order valence-corrected chi connectivity index (χ4v) is 4.30. The Morgan fingerprint density at radius 1 is 1.42 bits per heavy atom. The minimum absolute atomic E-state index is 0.116. The summed E-state index contributed by atoms with van der Waals surface area (Å²) in [6, 6.07) is 6.98. The molecule has 1 atom stereocenters. The van der Waals surface area contributed by atoms with Crippen molar-refractivity contribution in [1.29, 1.82) is 0 Å². The average molecular weight is 351 g/mol. The first kappa shape index (κ1) is 17.5. The Balaban J connectivity index is 1.38. The molecule has 2 heterocycles. The smallest absolute Gasteiger partial charge is 0.193 e. The van der Waals surface area contributed by atoms with E-state index in [0.717, 1.165) is 50.1 Å². The van der Waals surface area contributed by atoms with Crippen LogP contribution in [0, 0.1) is 11.2 Å². The topological polar surface area (TPSA) is 36.9 Å². The second kappa shape index (κ2) is 8.21. The van der Waals surface area contributed by atoms with Gasteiger partial charge in [0.2, 0.25) is 0 Å². The molecule has 2 aliphatic heterocycles. The van der Waals surface area contributed by atoms with Gasteiger partial charge in [0.1, 0.15) is 5.82 Å². The van der Waals surface area contributed by atoms with Crippen molar-refractivity contribution in [3.05, 3.63) is 35.6 Å². The molecule has 4 nitrogen and oxygen atoms in total. The summed E-state index contributed by atoms with van der Waals surface area (Å²) in [6.07, 6.45) is 2.36. The van der Waals surface area contributed by atoms with Gasteiger partial charge in [-0.3, -0.25) is 4.99 Å². The molecular formula is C18H26FN3OS. The average Bonchev–Trinajstić information content (AvgIpc) is 3.23. The van der Waals surface area contributed by atoms with Crippen molar-refractivity contribution in [2.75, 3.05) is 45.6 Å². The zero-order valence-electron chi connectivity index (χ0n) is 14.3. The van der Waals surface area contributed by atoms with E-state index in [-0.39, 0.29) is 5.82 Å². The molecule has 2 aliphatic rings. The standard InChI is InChI=1S/C18H26FN3OS/c1-20-17(22-9-6-18(13-22)7-10-23-14-18)21-8-11-24-12-15-4-2-3-5-16(15)19/h2-5H,6-14H2,1H3,(H,20,21). The lowest BCUT2D eigenvalue weighted by atomic mass is 9.87. The minimum atomic E-state index is -0.116. The van der Waals surface area contributed by atoms with Crippen LogP contribution in [-0.2, 0) is 10.5 Å². The number of ether oxygens (including phenoxy) is 1. The molecule has 0 saturated carbocycles. The van der Waals surface area contributed by atoms with Gasteiger partial charge in [0.15, 0.2) is 5.96 Å². The summed E-state index contributed by atoms with van der Waals surface area (Å²) < 4.78 is 19.2. The number of nitrogens with zero attached hydrogens (tertiary/aromatic N) is 2. The number of rotatable bonds is 5. The first-order chi connectivity index (χ1) is 11.7. The summed E-state index contributed by atoms with van der Waals surface area (Å²) in [7, 11) is 1.84. The quantitative estimate of drug-likeness (QED) is 0.503. The van der Waals surface area contributed by atoms with E-state index in [1.807, 2.05) is 19.2 Å². The molecule has 1 aromatic rings. The highest BCUT2D eigenvalue weighted by molar-refractivity contribution is 7.98. The normalized spacial score (nSPS) is 24.1. The van der Waals surface area contributed by atoms with Crippen LogP contribution in [0.2, 0.25) is 0 Å². The van der Waals surface area contributed by atoms with Crippen LogP contribution in [0.15, 0.2) is 29.3 Å². The van der Waals surface area contributed by atoms with Gasteiger partial charge in [0, 0.05) is 50.2 Å². The highest BCUT2D eigenvalue weighted by atomic mass is 32.2. The predicted octanol–water partition coefficient (Wildman–Crippen LogP) is 2.75. The SMILES string of the molecule is CN=C(NCCSCc1ccccc1F)N1CCC2(CCOC2)C1. The molecule has 24 heavy (non-hydrogen) atoms. The summed E-state index contributed by atoms with van der Waals surface area (Å²) in [5.74, 6) is 2.49. The molecular weight excluding hydrogens is 325 g/mol. The Morgan fingerprint density at radius 2 is 2.29 bits per heavy atom. The van der Waals surface area contributed by atoms with E-state index in [9.17, 15) is 4.39 Å². The van der Waals surface area contributed by atoms with Crippen LogP contribution >= 0.6 is 11.8 Å². The second-order valence-corrected chi connectivity index (χ2v) is 7.70. The van der Waals surface area contributed by atoms with Crippen molar-refractivity contribution in [2.24, 2.45) is 10.4 Å². The number of benzene rings is 1. The molecule has 0 amide bonds. The molecule has 1 N–H and O–H groups in total. The zero-order valence-corrected chi connectivity index (χ0v) is 15.1. The van der Waals surface area contributed by atoms with E-state index in [1.165, 1.54) is 18.9 Å². The van der Waals surface area contributed by atoms with Gasteiger partial charge in [-0.2, -0.15) is 11.8 Å². The van der Waals surface area contributed by atoms with Gasteiger partial charge in [-0.15, -0.1) is 0 Å². The third kappa shape index (κ3) is 4.22. The summed E-state index contributed by atoms with van der Waals surface area (Å²) in [4.78, 5) is 6.76. The van der Waals surface area contributed by atoms with Crippen LogP contribution in [-0.4, -0.2) is 56.5 Å². The van der Waals surface area contributed by atoms with Crippen molar-refractivity contribution in [2.45, 2.75) is 18.6 Å². The Kier molecular flexibility index (Phi) is 6.00. The Bertz CT molecular complexity index is 575. The summed E-state index contributed by atoms with van der Waals surface area (Å²) in [6.45, 7) is 4.71. The molecule has 132 valence electrons. The number of nitrogens with one attached hydrogen (secondary N) is 1. The molecule has 1 aromatic carbocycles. The van der Waals surface area contributed by atoms with E-state index in [4.69, 9.17) is 4.74 Å². The maximum Gasteiger partial charge on any atom is 0.193 e. The Hall–Kier alpha value is -1.27. The molecule has 3 rings (SSSR count). The van der Waals surface area contributed by atoms with Crippen molar-refractivity contribution in [3.63, 3.8) is 0 Å². The van der Waals surface area contributed by atoms with E-state index < -0.39 is 0 Å². The van der Waals surface area contributed by atoms with Crippen molar-refractivity contribution in [3.8, 4) is 0 Å². The van der Waals surface area contributed by atoms with Crippen LogP contribution in [0.5, 0.6) is 0 Å². The number of halogens is 1. The van der Waals surface area contributed by atoms with Crippen LogP contribution in [0.3, 0.4) is 0 Å². The molecule has 2 fully saturated rings. The summed E-state index contributed by atoms with van der Waals surface area (Å²) in [5, 5.41) is 3.44. The maximum absolute atomic E-state index is 13.6. The summed E-state index contributed by atoms with van der Waals surface area (Å²) in [5.41, 5.74) is 1.12. The lowest BCUT2D eigenvalue weighted by Gasteiger charge is -2.24. The highest BCUT2D eigenvalue weighted by Crippen LogP contribution is 2.38. The fourth-order valence-electron chi connectivity index (χ4n) is 3.45. The largest absolute Gasteiger partial charge is 0.381 e. The van der Waals surface area contributed by atoms with Gasteiger partial charge >= 0.3 is 0 Å². The van der Waals surface area contributed by atoms with Crippen LogP contribution < -0.4 is 5.32 Å². The highest BCUT2D eigenvalue weighted by Gasteiger charge is 2.42. The van der Waals surface area contributed by atoms with E-state index in [0.29, 0.717) is 11.2 Å². The van der Waals surface area contributed by atoms with E-state index in [1.54, 1.807) is 17.8 Å². The first-order valence-electron chi connectivity index (χ1n) is 8.57. The third-order valence-electron chi connectivity index (χ3n) is 4.88. The van der Waals surface area contributed by atoms with Gasteiger partial charge in [-0.05, 0) is 24.5 Å². The number of hydrogen-bond donors (Lipinski definition) is 1. The Morgan fingerprint density at radius 3 is 3.04 bits per heavy atom. The number of thioether (sulfide) groups is 1. The predicted molar refractivity (Wildman–Crippen MR) is 98.0 cm³/mol. The monoisotopic (exact) mass is 351 g/mol. The molecule has 1 unspecified atom stereocenters. The Labute approximate surface area is 147 Å². The molecule has 0 aliphatic carbocycles. The lowest BCUT2D eigenvalue weighted by molar-refractivity contribution is 0.156. The van der Waals surface area contributed by atoms with Crippen molar-refractivity contribution >= 4 is 17.7 Å². The minimum Gasteiger partial charge on any atom is -0.381 e. The van der Waals surface area contributed by atoms with E-state index in [2.05, 4.69) is 15.2 Å². The number of aliphatic imine (C=N–C) groups is 1. The number of guanidine groups is 1. The van der Waals surface area contributed by atoms with E-state index >= 15 is 0 Å². The molecule has 1 spiro atoms. The van der Waals surface area contributed by atoms with Gasteiger partial charge in [-0.25, -0.2) is 4.39 Å². The first-order valence-corrected chi connectivity index (χ1v) is 9.72. The van der Waals surface area contributed by atoms with Crippen molar-refractivity contribution in [1.82, 2.24) is 10.2 Å². The molecule has 6 heteroatoms. The lowest BCUT2D eigenvalue weighted by Crippen LogP contribution is -2.42. The van der Waals surface area contributed by atoms with Gasteiger partial charge in [0.05, 0.1) is 6.61 Å². The number of hydrogen-bond acceptors (Lipinski definition) is 3. The fraction of sp³-hybridized carbons (Fsp3) is 0.611. The van der Waals surface area contributed by atoms with Crippen molar-refractivity contribution < 1.29 is 9.13 Å². The molecule has 0 aromatic heterocycles. The molecule has 0 bridgehead atoms. The second-order valence-electron chi connectivity index (χ2n) is 6.59. The third-order valence-corrected chi connectivity index (χ3v) is 5.89. The summed E-state index contributed by atoms with van der Waals surface area (Å²) >= 11 is 1.74. The van der Waals surface area contributed by atoms with Gasteiger partial charge < -0.3 is 15.0 Å². The van der Waals surface area contributed by atoms with Crippen LogP contribution in [0.25, 0.3) is 0 Å². The van der Waals surface area contributed by atoms with Gasteiger partial charge in [-0.1, -0.05) is 18.2 Å². The zero-order chi connectivity index (χ0) is 16.8. The van der Waals surface area contributed by atoms with Gasteiger partial charge in [0.25, 0.3) is 0 Å². The van der Waals surface area contributed by atoms with Crippen LogP contribution in [0.4, 0.5) is 4.39 Å². The molecule has 0 radical (unpaired) electrons.